The predicted octanol–water partition coefficient (Wildman–Crippen LogP) is 3.92. The Morgan fingerprint density at radius 3 is 2.61 bits per heavy atom. The van der Waals surface area contributed by atoms with Gasteiger partial charge in [-0.3, -0.25) is 4.79 Å². The van der Waals surface area contributed by atoms with Crippen molar-refractivity contribution in [1.29, 1.82) is 0 Å². The van der Waals surface area contributed by atoms with Crippen molar-refractivity contribution in [2.75, 3.05) is 5.32 Å². The highest BCUT2D eigenvalue weighted by Gasteiger charge is 2.16. The zero-order chi connectivity index (χ0) is 16.6. The Morgan fingerprint density at radius 2 is 1.96 bits per heavy atom. The summed E-state index contributed by atoms with van der Waals surface area (Å²) in [4.78, 5) is 25.4. The molecule has 0 spiro atoms. The van der Waals surface area contributed by atoms with Crippen LogP contribution in [0.5, 0.6) is 0 Å². The third-order valence-corrected chi connectivity index (χ3v) is 4.02. The summed E-state index contributed by atoms with van der Waals surface area (Å²) in [6.07, 6.45) is 1.71. The number of carbonyl (C=O) groups is 1. The zero-order valence-electron chi connectivity index (χ0n) is 12.4. The van der Waals surface area contributed by atoms with Crippen molar-refractivity contribution in [3.63, 3.8) is 0 Å². The maximum absolute atomic E-state index is 12.4. The van der Waals surface area contributed by atoms with Crippen molar-refractivity contribution in [2.24, 2.45) is 0 Å². The van der Waals surface area contributed by atoms with Crippen LogP contribution in [0.1, 0.15) is 30.2 Å². The highest BCUT2D eigenvalue weighted by atomic mass is 127. The molecule has 0 saturated heterocycles. The fourth-order valence-corrected chi connectivity index (χ4v) is 2.73. The first kappa shape index (κ1) is 16.1. The molecule has 1 aromatic carbocycles. The predicted molar refractivity (Wildman–Crippen MR) is 97.8 cm³/mol. The molecule has 2 aromatic heterocycles. The Balaban J connectivity index is 1.99. The van der Waals surface area contributed by atoms with Gasteiger partial charge in [-0.25, -0.2) is 15.0 Å². The lowest BCUT2D eigenvalue weighted by atomic mass is 10.2. The highest BCUT2D eigenvalue weighted by molar-refractivity contribution is 14.1. The van der Waals surface area contributed by atoms with Crippen LogP contribution in [-0.4, -0.2) is 25.4 Å². The Kier molecular flexibility index (Phi) is 4.49. The average molecular weight is 442 g/mol. The number of imidazole rings is 1. The molecule has 0 aliphatic heterocycles. The van der Waals surface area contributed by atoms with Gasteiger partial charge in [0.1, 0.15) is 0 Å². The molecule has 3 aromatic rings. The van der Waals surface area contributed by atoms with E-state index in [1.165, 1.54) is 0 Å². The van der Waals surface area contributed by atoms with Gasteiger partial charge in [0.15, 0.2) is 20.8 Å². The van der Waals surface area contributed by atoms with Crippen LogP contribution >= 0.6 is 34.2 Å². The number of halogens is 2. The lowest BCUT2D eigenvalue weighted by molar-refractivity contribution is 0.102. The summed E-state index contributed by atoms with van der Waals surface area (Å²) >= 11 is 7.87. The topological polar surface area (TPSA) is 72.7 Å². The minimum absolute atomic E-state index is 0.213. The van der Waals surface area contributed by atoms with Crippen LogP contribution in [0.15, 0.2) is 30.6 Å². The van der Waals surface area contributed by atoms with Crippen molar-refractivity contribution in [3.05, 3.63) is 45.0 Å². The Labute approximate surface area is 151 Å². The Bertz CT molecular complexity index is 875. The van der Waals surface area contributed by atoms with Crippen molar-refractivity contribution in [2.45, 2.75) is 19.9 Å². The molecule has 2 heterocycles. The van der Waals surface area contributed by atoms with Crippen molar-refractivity contribution in [3.8, 4) is 0 Å². The fourth-order valence-electron chi connectivity index (χ4n) is 2.14. The molecular formula is C15H13ClIN5O. The molecule has 1 amide bonds. The molecule has 0 aliphatic rings. The maximum Gasteiger partial charge on any atom is 0.256 e. The second-order valence-corrected chi connectivity index (χ2v) is 6.62. The molecular weight excluding hydrogens is 429 g/mol. The third kappa shape index (κ3) is 3.30. The molecule has 0 unspecified atom stereocenters. The molecule has 23 heavy (non-hydrogen) atoms. The number of amides is 1. The van der Waals surface area contributed by atoms with Crippen molar-refractivity contribution >= 4 is 57.1 Å². The summed E-state index contributed by atoms with van der Waals surface area (Å²) in [5, 5.41) is 3.38. The summed E-state index contributed by atoms with van der Waals surface area (Å²) in [6, 6.07) is 6.87. The Morgan fingerprint density at radius 1 is 1.26 bits per heavy atom. The van der Waals surface area contributed by atoms with E-state index in [0.29, 0.717) is 31.4 Å². The fraction of sp³-hybridized carbons (Fsp3) is 0.200. The molecule has 118 valence electrons. The van der Waals surface area contributed by atoms with E-state index in [-0.39, 0.29) is 11.9 Å². The summed E-state index contributed by atoms with van der Waals surface area (Å²) in [7, 11) is 0. The lowest BCUT2D eigenvalue weighted by Gasteiger charge is -2.09. The molecule has 0 radical (unpaired) electrons. The van der Waals surface area contributed by atoms with E-state index in [1.807, 2.05) is 41.0 Å². The minimum atomic E-state index is -0.267. The van der Waals surface area contributed by atoms with Crippen LogP contribution < -0.4 is 5.32 Å². The third-order valence-electron chi connectivity index (χ3n) is 3.29. The smallest absolute Gasteiger partial charge is 0.256 e. The van der Waals surface area contributed by atoms with Crippen LogP contribution in [-0.2, 0) is 0 Å². The number of anilines is 1. The Hall–Kier alpha value is -1.74. The van der Waals surface area contributed by atoms with Crippen molar-refractivity contribution < 1.29 is 4.79 Å². The molecule has 3 rings (SSSR count). The monoisotopic (exact) mass is 441 g/mol. The van der Waals surface area contributed by atoms with Crippen LogP contribution in [0, 0.1) is 3.83 Å². The van der Waals surface area contributed by atoms with Gasteiger partial charge in [-0.1, -0.05) is 11.6 Å². The van der Waals surface area contributed by atoms with Crippen molar-refractivity contribution in [1.82, 2.24) is 19.5 Å². The second-order valence-electron chi connectivity index (χ2n) is 5.22. The number of hydrogen-bond acceptors (Lipinski definition) is 4. The van der Waals surface area contributed by atoms with Gasteiger partial charge in [-0.15, -0.1) is 0 Å². The van der Waals surface area contributed by atoms with Gasteiger partial charge in [0.25, 0.3) is 5.91 Å². The van der Waals surface area contributed by atoms with Gasteiger partial charge in [0.05, 0.1) is 6.33 Å². The van der Waals surface area contributed by atoms with Gasteiger partial charge < -0.3 is 9.88 Å². The number of rotatable bonds is 3. The van der Waals surface area contributed by atoms with E-state index in [0.717, 1.165) is 0 Å². The van der Waals surface area contributed by atoms with E-state index in [4.69, 9.17) is 11.6 Å². The highest BCUT2D eigenvalue weighted by Crippen LogP contribution is 2.23. The van der Waals surface area contributed by atoms with Crippen LogP contribution in [0.3, 0.4) is 0 Å². The molecule has 1 N–H and O–H groups in total. The molecule has 0 atom stereocenters. The summed E-state index contributed by atoms with van der Waals surface area (Å²) < 4.78 is 2.49. The maximum atomic E-state index is 12.4. The summed E-state index contributed by atoms with van der Waals surface area (Å²) in [5.74, 6) is 0.135. The molecule has 6 nitrogen and oxygen atoms in total. The SMILES string of the molecule is CC(C)n1cnc2c(NC(=O)c3ccc(Cl)cc3)nc(I)nc21. The first-order chi connectivity index (χ1) is 11.0. The van der Waals surface area contributed by atoms with E-state index in [1.54, 1.807) is 30.6 Å². The lowest BCUT2D eigenvalue weighted by Crippen LogP contribution is -2.14. The quantitative estimate of drug-likeness (QED) is 0.494. The number of hydrogen-bond donors (Lipinski definition) is 1. The molecule has 0 fully saturated rings. The molecule has 0 saturated carbocycles. The molecule has 0 aliphatic carbocycles. The largest absolute Gasteiger partial charge is 0.313 e. The standard InChI is InChI=1S/C15H13ClIN5O/c1-8(2)22-7-18-11-12(20-15(17)21-13(11)22)19-14(23)9-3-5-10(16)6-4-9/h3-8H,1-2H3,(H,19,20,21,23). The second kappa shape index (κ2) is 6.40. The average Bonchev–Trinajstić information content (AvgIpc) is 2.91. The summed E-state index contributed by atoms with van der Waals surface area (Å²) in [6.45, 7) is 4.09. The number of benzene rings is 1. The van der Waals surface area contributed by atoms with E-state index < -0.39 is 0 Å². The summed E-state index contributed by atoms with van der Waals surface area (Å²) in [5.41, 5.74) is 1.77. The molecule has 0 bridgehead atoms. The van der Waals surface area contributed by atoms with Crippen LogP contribution in [0.25, 0.3) is 11.2 Å². The zero-order valence-corrected chi connectivity index (χ0v) is 15.3. The minimum Gasteiger partial charge on any atom is -0.313 e. The molecule has 8 heteroatoms. The number of carbonyl (C=O) groups excluding carboxylic acids is 1. The van der Waals surface area contributed by atoms with Gasteiger partial charge in [-0.05, 0) is 38.1 Å². The van der Waals surface area contributed by atoms with Crippen LogP contribution in [0.4, 0.5) is 5.82 Å². The van der Waals surface area contributed by atoms with E-state index >= 15 is 0 Å². The van der Waals surface area contributed by atoms with Gasteiger partial charge in [-0.2, -0.15) is 0 Å². The number of nitrogens with zero attached hydrogens (tertiary/aromatic N) is 4. The number of nitrogens with one attached hydrogen (secondary N) is 1. The van der Waals surface area contributed by atoms with E-state index in [2.05, 4.69) is 20.3 Å². The van der Waals surface area contributed by atoms with E-state index in [9.17, 15) is 4.79 Å². The van der Waals surface area contributed by atoms with Gasteiger partial charge in [0, 0.05) is 39.2 Å². The first-order valence-corrected chi connectivity index (χ1v) is 8.38. The normalized spacial score (nSPS) is 11.2. The number of fused-ring (bicyclic) bond motifs is 1. The van der Waals surface area contributed by atoms with Gasteiger partial charge in [0.2, 0.25) is 0 Å². The van der Waals surface area contributed by atoms with Crippen LogP contribution in [0.2, 0.25) is 5.02 Å². The van der Waals surface area contributed by atoms with Gasteiger partial charge >= 0.3 is 0 Å². The number of aromatic nitrogens is 4. The first-order valence-electron chi connectivity index (χ1n) is 6.92.